The summed E-state index contributed by atoms with van der Waals surface area (Å²) < 4.78 is 47.4. The number of amides is 2. The normalized spacial score (nSPS) is 14.3. The summed E-state index contributed by atoms with van der Waals surface area (Å²) in [5.74, 6) is -1.58. The maximum Gasteiger partial charge on any atom is 0.255 e. The van der Waals surface area contributed by atoms with E-state index < -0.39 is 27.7 Å². The minimum absolute atomic E-state index is 0.0796. The number of halogens is 1. The second-order valence-corrected chi connectivity index (χ2v) is 8.98. The molecule has 0 radical (unpaired) electrons. The van der Waals surface area contributed by atoms with E-state index in [9.17, 15) is 22.4 Å². The van der Waals surface area contributed by atoms with Crippen molar-refractivity contribution in [2.75, 3.05) is 17.7 Å². The molecule has 0 aliphatic heterocycles. The molecule has 0 spiro atoms. The van der Waals surface area contributed by atoms with Crippen molar-refractivity contribution in [2.24, 2.45) is 0 Å². The van der Waals surface area contributed by atoms with Crippen molar-refractivity contribution in [3.8, 4) is 5.75 Å². The molecule has 0 atom stereocenters. The van der Waals surface area contributed by atoms with E-state index in [0.29, 0.717) is 0 Å². The first-order valence-electron chi connectivity index (χ1n) is 9.78. The lowest BCUT2D eigenvalue weighted by atomic mass is 10.2. The van der Waals surface area contributed by atoms with Crippen LogP contribution >= 0.6 is 0 Å². The summed E-state index contributed by atoms with van der Waals surface area (Å²) in [4.78, 5) is 23.8. The average molecular weight is 450 g/mol. The van der Waals surface area contributed by atoms with Gasteiger partial charge in [0.05, 0.1) is 12.8 Å². The maximum absolute atomic E-state index is 13.8. The third-order valence-corrected chi connectivity index (χ3v) is 6.47. The summed E-state index contributed by atoms with van der Waals surface area (Å²) in [7, 11) is -2.54. The molecular weight excluding hydrogens is 425 g/mol. The summed E-state index contributed by atoms with van der Waals surface area (Å²) in [5, 5.41) is 4.91. The average Bonchev–Trinajstić information content (AvgIpc) is 3.22. The Bertz CT molecular complexity index is 1100. The predicted molar refractivity (Wildman–Crippen MR) is 114 cm³/mol. The molecule has 31 heavy (non-hydrogen) atoms. The Labute approximate surface area is 180 Å². The molecule has 2 amide bonds. The molecule has 1 fully saturated rings. The van der Waals surface area contributed by atoms with Crippen LogP contribution < -0.4 is 20.1 Å². The summed E-state index contributed by atoms with van der Waals surface area (Å²) in [5.41, 5.74) is 0.238. The minimum Gasteiger partial charge on any atom is -0.495 e. The largest absolute Gasteiger partial charge is 0.495 e. The molecule has 3 rings (SSSR count). The van der Waals surface area contributed by atoms with Gasteiger partial charge in [-0.05, 0) is 49.2 Å². The Balaban J connectivity index is 1.85. The van der Waals surface area contributed by atoms with Crippen molar-refractivity contribution in [1.29, 1.82) is 0 Å². The quantitative estimate of drug-likeness (QED) is 0.600. The summed E-state index contributed by atoms with van der Waals surface area (Å²) in [6.07, 6.45) is 3.46. The molecule has 0 unspecified atom stereocenters. The van der Waals surface area contributed by atoms with Crippen LogP contribution in [0.5, 0.6) is 5.75 Å². The SMILES string of the molecule is COc1ccc(C(=O)Nc2ccc(F)c(NC(C)=O)c2)cc1S(=O)(=O)NC1CCCC1. The Morgan fingerprint density at radius 2 is 1.77 bits per heavy atom. The predicted octanol–water partition coefficient (Wildman–Crippen LogP) is 3.27. The number of nitrogens with one attached hydrogen (secondary N) is 3. The Morgan fingerprint density at radius 1 is 1.06 bits per heavy atom. The molecule has 1 aliphatic rings. The molecule has 3 N–H and O–H groups in total. The second kappa shape index (κ2) is 9.44. The number of sulfonamides is 1. The number of benzene rings is 2. The highest BCUT2D eigenvalue weighted by atomic mass is 32.2. The van der Waals surface area contributed by atoms with E-state index in [2.05, 4.69) is 15.4 Å². The highest BCUT2D eigenvalue weighted by Crippen LogP contribution is 2.28. The zero-order chi connectivity index (χ0) is 22.6. The van der Waals surface area contributed by atoms with E-state index >= 15 is 0 Å². The van der Waals surface area contributed by atoms with Crippen molar-refractivity contribution < 1.29 is 27.1 Å². The second-order valence-electron chi connectivity index (χ2n) is 7.30. The zero-order valence-electron chi connectivity index (χ0n) is 17.2. The number of anilines is 2. The fourth-order valence-corrected chi connectivity index (χ4v) is 4.95. The van der Waals surface area contributed by atoms with E-state index in [1.54, 1.807) is 0 Å². The molecule has 8 nitrogen and oxygen atoms in total. The van der Waals surface area contributed by atoms with E-state index in [4.69, 9.17) is 4.74 Å². The van der Waals surface area contributed by atoms with Gasteiger partial charge >= 0.3 is 0 Å². The van der Waals surface area contributed by atoms with Gasteiger partial charge in [-0.2, -0.15) is 0 Å². The number of hydrogen-bond donors (Lipinski definition) is 3. The van der Waals surface area contributed by atoms with Crippen LogP contribution in [0.4, 0.5) is 15.8 Å². The fourth-order valence-electron chi connectivity index (χ4n) is 3.45. The lowest BCUT2D eigenvalue weighted by Crippen LogP contribution is -2.33. The number of rotatable bonds is 7. The Kier molecular flexibility index (Phi) is 6.91. The van der Waals surface area contributed by atoms with Gasteiger partial charge < -0.3 is 15.4 Å². The third kappa shape index (κ3) is 5.59. The van der Waals surface area contributed by atoms with E-state index in [1.165, 1.54) is 44.4 Å². The zero-order valence-corrected chi connectivity index (χ0v) is 18.0. The third-order valence-electron chi connectivity index (χ3n) is 4.93. The van der Waals surface area contributed by atoms with E-state index in [1.807, 2.05) is 0 Å². The summed E-state index contributed by atoms with van der Waals surface area (Å²) >= 11 is 0. The number of ether oxygens (including phenoxy) is 1. The van der Waals surface area contributed by atoms with Crippen LogP contribution in [-0.2, 0) is 14.8 Å². The van der Waals surface area contributed by atoms with Crippen LogP contribution in [-0.4, -0.2) is 33.4 Å². The molecule has 2 aromatic rings. The van der Waals surface area contributed by atoms with Crippen LogP contribution in [0.15, 0.2) is 41.3 Å². The first-order chi connectivity index (χ1) is 14.7. The summed E-state index contributed by atoms with van der Waals surface area (Å²) in [6, 6.07) is 7.66. The van der Waals surface area contributed by atoms with Crippen molar-refractivity contribution in [3.05, 3.63) is 47.8 Å². The van der Waals surface area contributed by atoms with Gasteiger partial charge in [0.15, 0.2) is 0 Å². The molecule has 1 saturated carbocycles. The number of methoxy groups -OCH3 is 1. The van der Waals surface area contributed by atoms with Crippen molar-refractivity contribution >= 4 is 33.2 Å². The molecular formula is C21H24FN3O5S. The first kappa shape index (κ1) is 22.7. The first-order valence-corrected chi connectivity index (χ1v) is 11.3. The number of carbonyl (C=O) groups is 2. The van der Waals surface area contributed by atoms with Gasteiger partial charge in [-0.3, -0.25) is 9.59 Å². The van der Waals surface area contributed by atoms with Gasteiger partial charge in [-0.25, -0.2) is 17.5 Å². The molecule has 0 bridgehead atoms. The molecule has 0 heterocycles. The maximum atomic E-state index is 13.8. The lowest BCUT2D eigenvalue weighted by molar-refractivity contribution is -0.114. The van der Waals surface area contributed by atoms with Gasteiger partial charge in [-0.1, -0.05) is 12.8 Å². The van der Waals surface area contributed by atoms with Crippen molar-refractivity contribution in [3.63, 3.8) is 0 Å². The van der Waals surface area contributed by atoms with E-state index in [-0.39, 0.29) is 33.6 Å². The van der Waals surface area contributed by atoms with Gasteiger partial charge in [0, 0.05) is 24.2 Å². The Hall–Kier alpha value is -2.98. The van der Waals surface area contributed by atoms with Crippen molar-refractivity contribution in [2.45, 2.75) is 43.5 Å². The van der Waals surface area contributed by atoms with Gasteiger partial charge in [-0.15, -0.1) is 0 Å². The van der Waals surface area contributed by atoms with Gasteiger partial charge in [0.1, 0.15) is 16.5 Å². The Morgan fingerprint density at radius 3 is 2.42 bits per heavy atom. The van der Waals surface area contributed by atoms with E-state index in [0.717, 1.165) is 31.7 Å². The highest BCUT2D eigenvalue weighted by Gasteiger charge is 2.26. The molecule has 2 aromatic carbocycles. The summed E-state index contributed by atoms with van der Waals surface area (Å²) in [6.45, 7) is 1.24. The van der Waals surface area contributed by atoms with Crippen LogP contribution in [0, 0.1) is 5.82 Å². The molecule has 166 valence electrons. The topological polar surface area (TPSA) is 114 Å². The standard InChI is InChI=1S/C21H24FN3O5S/c1-13(26)23-18-12-16(8-9-17(18)22)24-21(27)14-7-10-19(30-2)20(11-14)31(28,29)25-15-5-3-4-6-15/h7-12,15,25H,3-6H2,1-2H3,(H,23,26)(H,24,27). The minimum atomic E-state index is -3.89. The monoisotopic (exact) mass is 449 g/mol. The van der Waals surface area contributed by atoms with Crippen LogP contribution in [0.2, 0.25) is 0 Å². The van der Waals surface area contributed by atoms with Crippen LogP contribution in [0.1, 0.15) is 43.0 Å². The fraction of sp³-hybridized carbons (Fsp3) is 0.333. The number of hydrogen-bond acceptors (Lipinski definition) is 5. The van der Waals surface area contributed by atoms with Gasteiger partial charge in [0.25, 0.3) is 5.91 Å². The molecule has 1 aliphatic carbocycles. The number of carbonyl (C=O) groups excluding carboxylic acids is 2. The lowest BCUT2D eigenvalue weighted by Gasteiger charge is -2.16. The molecule has 0 aromatic heterocycles. The molecule has 10 heteroatoms. The highest BCUT2D eigenvalue weighted by molar-refractivity contribution is 7.89. The van der Waals surface area contributed by atoms with Crippen LogP contribution in [0.25, 0.3) is 0 Å². The van der Waals surface area contributed by atoms with Crippen molar-refractivity contribution in [1.82, 2.24) is 4.72 Å². The van der Waals surface area contributed by atoms with Gasteiger partial charge in [0.2, 0.25) is 15.9 Å². The smallest absolute Gasteiger partial charge is 0.255 e. The molecule has 0 saturated heterocycles. The van der Waals surface area contributed by atoms with Crippen LogP contribution in [0.3, 0.4) is 0 Å².